The number of nitrogens with zero attached hydrogens (tertiary/aromatic N) is 1. The summed E-state index contributed by atoms with van der Waals surface area (Å²) in [6.45, 7) is 4.29. The highest BCUT2D eigenvalue weighted by atomic mass is 16.6. The molecule has 0 spiro atoms. The topological polar surface area (TPSA) is 46.6 Å². The van der Waals surface area contributed by atoms with E-state index in [0.29, 0.717) is 13.0 Å². The molecule has 0 aromatic heterocycles. The molecule has 0 bridgehead atoms. The summed E-state index contributed by atoms with van der Waals surface area (Å²) in [5, 5.41) is 0. The fourth-order valence-corrected chi connectivity index (χ4v) is 1.06. The minimum Gasteiger partial charge on any atom is -0.447 e. The molecule has 1 aliphatic rings. The highest BCUT2D eigenvalue weighted by Gasteiger charge is 2.25. The summed E-state index contributed by atoms with van der Waals surface area (Å²) in [4.78, 5) is 23.4. The van der Waals surface area contributed by atoms with E-state index in [0.717, 1.165) is 0 Å². The van der Waals surface area contributed by atoms with E-state index in [2.05, 4.69) is 0 Å². The number of rotatable bonds is 1. The molecule has 4 nitrogen and oxygen atoms in total. The molecule has 0 N–H and O–H groups in total. The Balaban J connectivity index is 2.38. The number of ether oxygens (including phenoxy) is 1. The number of likely N-dealkylation sites (tertiary alicyclic amines) is 1. The van der Waals surface area contributed by atoms with Gasteiger partial charge in [-0.1, -0.05) is 0 Å². The van der Waals surface area contributed by atoms with Gasteiger partial charge in [0.25, 0.3) is 0 Å². The second-order valence-corrected chi connectivity index (χ2v) is 3.14. The van der Waals surface area contributed by atoms with Gasteiger partial charge < -0.3 is 9.64 Å². The van der Waals surface area contributed by atoms with E-state index in [1.807, 2.05) is 0 Å². The van der Waals surface area contributed by atoms with Crippen molar-refractivity contribution in [3.63, 3.8) is 0 Å². The van der Waals surface area contributed by atoms with Gasteiger partial charge in [-0.3, -0.25) is 4.79 Å². The van der Waals surface area contributed by atoms with Crippen LogP contribution in [0.3, 0.4) is 0 Å². The van der Waals surface area contributed by atoms with Crippen LogP contribution in [-0.2, 0) is 9.53 Å². The quantitative estimate of drug-likeness (QED) is 0.586. The van der Waals surface area contributed by atoms with Crippen molar-refractivity contribution in [3.8, 4) is 0 Å². The van der Waals surface area contributed by atoms with E-state index in [1.54, 1.807) is 13.8 Å². The zero-order valence-electron chi connectivity index (χ0n) is 7.37. The van der Waals surface area contributed by atoms with Crippen molar-refractivity contribution in [3.05, 3.63) is 0 Å². The van der Waals surface area contributed by atoms with E-state index in [1.165, 1.54) is 4.90 Å². The fraction of sp³-hybridized carbons (Fsp3) is 0.750. The van der Waals surface area contributed by atoms with Crippen LogP contribution >= 0.6 is 0 Å². The molecule has 1 rings (SSSR count). The highest BCUT2D eigenvalue weighted by molar-refractivity contribution is 5.87. The summed E-state index contributed by atoms with van der Waals surface area (Å²) in [5.41, 5.74) is 0. The van der Waals surface area contributed by atoms with Crippen molar-refractivity contribution >= 4 is 11.9 Å². The number of Topliss-reactive ketones (excluding diaryl/α,β-unsaturated/α-hetero) is 1. The summed E-state index contributed by atoms with van der Waals surface area (Å²) >= 11 is 0. The first-order valence-electron chi connectivity index (χ1n) is 4.07. The lowest BCUT2D eigenvalue weighted by Crippen LogP contribution is -2.31. The average Bonchev–Trinajstić information content (AvgIpc) is 2.34. The fourth-order valence-electron chi connectivity index (χ4n) is 1.06. The van der Waals surface area contributed by atoms with Crippen molar-refractivity contribution < 1.29 is 14.3 Å². The lowest BCUT2D eigenvalue weighted by molar-refractivity contribution is -0.116. The van der Waals surface area contributed by atoms with E-state index >= 15 is 0 Å². The van der Waals surface area contributed by atoms with Crippen LogP contribution in [0.4, 0.5) is 4.79 Å². The average molecular weight is 171 g/mol. The van der Waals surface area contributed by atoms with Crippen LogP contribution in [0.25, 0.3) is 0 Å². The molecule has 0 aliphatic carbocycles. The van der Waals surface area contributed by atoms with Gasteiger partial charge in [0.05, 0.1) is 12.6 Å². The lowest BCUT2D eigenvalue weighted by Gasteiger charge is -2.15. The largest absolute Gasteiger partial charge is 0.447 e. The molecule has 0 aromatic rings. The Labute approximate surface area is 71.5 Å². The second kappa shape index (κ2) is 3.56. The Hall–Kier alpha value is -1.06. The normalized spacial score (nSPS) is 17.2. The Morgan fingerprint density at radius 1 is 1.58 bits per heavy atom. The predicted octanol–water partition coefficient (Wildman–Crippen LogP) is 0.806. The summed E-state index contributed by atoms with van der Waals surface area (Å²) in [6, 6.07) is 0. The van der Waals surface area contributed by atoms with Crippen molar-refractivity contribution in [2.75, 3.05) is 13.1 Å². The van der Waals surface area contributed by atoms with Gasteiger partial charge in [0, 0.05) is 13.0 Å². The number of carbonyl (C=O) groups excluding carboxylic acids is 2. The van der Waals surface area contributed by atoms with Crippen LogP contribution < -0.4 is 0 Å². The lowest BCUT2D eigenvalue weighted by atomic mass is 10.4. The molecule has 1 heterocycles. The maximum Gasteiger partial charge on any atom is 0.410 e. The van der Waals surface area contributed by atoms with Crippen molar-refractivity contribution in [1.29, 1.82) is 0 Å². The Kier molecular flexibility index (Phi) is 2.68. The van der Waals surface area contributed by atoms with E-state index < -0.39 is 0 Å². The first-order chi connectivity index (χ1) is 5.59. The molecule has 1 saturated heterocycles. The van der Waals surface area contributed by atoms with Crippen LogP contribution in [-0.4, -0.2) is 36.0 Å². The van der Waals surface area contributed by atoms with E-state index in [4.69, 9.17) is 4.74 Å². The molecule has 0 radical (unpaired) electrons. The number of amides is 1. The minimum absolute atomic E-state index is 0.107. The SMILES string of the molecule is CC(C)OC(=O)N1CCC(=O)C1. The Morgan fingerprint density at radius 3 is 2.67 bits per heavy atom. The number of hydrogen-bond donors (Lipinski definition) is 0. The first-order valence-corrected chi connectivity index (χ1v) is 4.07. The number of ketones is 1. The van der Waals surface area contributed by atoms with Crippen LogP contribution in [0.2, 0.25) is 0 Å². The Bertz CT molecular complexity index is 200. The van der Waals surface area contributed by atoms with Crippen molar-refractivity contribution in [2.45, 2.75) is 26.4 Å². The van der Waals surface area contributed by atoms with Crippen LogP contribution in [0, 0.1) is 0 Å². The summed E-state index contributed by atoms with van der Waals surface area (Å²) in [6.07, 6.45) is -0.0308. The Morgan fingerprint density at radius 2 is 2.25 bits per heavy atom. The molecule has 12 heavy (non-hydrogen) atoms. The van der Waals surface area contributed by atoms with Crippen LogP contribution in [0.5, 0.6) is 0 Å². The zero-order valence-corrected chi connectivity index (χ0v) is 7.37. The van der Waals surface area contributed by atoms with Gasteiger partial charge >= 0.3 is 6.09 Å². The standard InChI is InChI=1S/C8H13NO3/c1-6(2)12-8(11)9-4-3-7(10)5-9/h6H,3-5H2,1-2H3. The van der Waals surface area contributed by atoms with Crippen LogP contribution in [0.1, 0.15) is 20.3 Å². The van der Waals surface area contributed by atoms with Gasteiger partial charge in [-0.15, -0.1) is 0 Å². The summed E-state index contributed by atoms with van der Waals surface area (Å²) in [5.74, 6) is 0.107. The first kappa shape index (κ1) is 9.03. The maximum atomic E-state index is 11.2. The molecule has 0 unspecified atom stereocenters. The molecular formula is C8H13NO3. The van der Waals surface area contributed by atoms with Gasteiger partial charge in [0.2, 0.25) is 0 Å². The molecular weight excluding hydrogens is 158 g/mol. The van der Waals surface area contributed by atoms with Gasteiger partial charge in [-0.05, 0) is 13.8 Å². The molecule has 0 saturated carbocycles. The van der Waals surface area contributed by atoms with Crippen molar-refractivity contribution in [2.24, 2.45) is 0 Å². The van der Waals surface area contributed by atoms with Crippen LogP contribution in [0.15, 0.2) is 0 Å². The monoisotopic (exact) mass is 171 g/mol. The van der Waals surface area contributed by atoms with E-state index in [9.17, 15) is 9.59 Å². The molecule has 1 fully saturated rings. The van der Waals surface area contributed by atoms with Crippen molar-refractivity contribution in [1.82, 2.24) is 4.90 Å². The molecule has 4 heteroatoms. The molecule has 1 amide bonds. The second-order valence-electron chi connectivity index (χ2n) is 3.14. The molecule has 1 aliphatic heterocycles. The van der Waals surface area contributed by atoms with Gasteiger partial charge in [-0.2, -0.15) is 0 Å². The third-order valence-corrected chi connectivity index (χ3v) is 1.62. The zero-order chi connectivity index (χ0) is 9.14. The molecule has 0 aromatic carbocycles. The van der Waals surface area contributed by atoms with E-state index in [-0.39, 0.29) is 24.5 Å². The smallest absolute Gasteiger partial charge is 0.410 e. The maximum absolute atomic E-state index is 11.2. The molecule has 0 atom stereocenters. The predicted molar refractivity (Wildman–Crippen MR) is 42.8 cm³/mol. The molecule has 68 valence electrons. The minimum atomic E-state index is -0.379. The third kappa shape index (κ3) is 2.22. The third-order valence-electron chi connectivity index (χ3n) is 1.62. The van der Waals surface area contributed by atoms with Gasteiger partial charge in [0.1, 0.15) is 0 Å². The summed E-state index contributed by atoms with van der Waals surface area (Å²) < 4.78 is 4.92. The van der Waals surface area contributed by atoms with Gasteiger partial charge in [0.15, 0.2) is 5.78 Å². The number of hydrogen-bond acceptors (Lipinski definition) is 3. The number of carbonyl (C=O) groups is 2. The highest BCUT2D eigenvalue weighted by Crippen LogP contribution is 2.06. The summed E-state index contributed by atoms with van der Waals surface area (Å²) in [7, 11) is 0. The van der Waals surface area contributed by atoms with Gasteiger partial charge in [-0.25, -0.2) is 4.79 Å².